The Bertz CT molecular complexity index is 2570. The molecule has 0 atom stereocenters. The van der Waals surface area contributed by atoms with Crippen molar-refractivity contribution < 1.29 is 13.2 Å². The first kappa shape index (κ1) is 35.9. The third kappa shape index (κ3) is 6.80. The van der Waals surface area contributed by atoms with E-state index in [4.69, 9.17) is 15.0 Å². The van der Waals surface area contributed by atoms with Crippen LogP contribution >= 0.6 is 0 Å². The van der Waals surface area contributed by atoms with Crippen LogP contribution < -0.4 is 0 Å². The lowest BCUT2D eigenvalue weighted by molar-refractivity contribution is -0.137. The zero-order valence-corrected chi connectivity index (χ0v) is 31.7. The van der Waals surface area contributed by atoms with Crippen LogP contribution in [0.5, 0.6) is 0 Å². The minimum Gasteiger partial charge on any atom is -0.309 e. The van der Waals surface area contributed by atoms with E-state index in [-0.39, 0.29) is 16.4 Å². The van der Waals surface area contributed by atoms with Gasteiger partial charge in [0.25, 0.3) is 0 Å². The van der Waals surface area contributed by atoms with Crippen LogP contribution in [-0.2, 0) is 17.0 Å². The molecule has 0 aliphatic carbocycles. The molecule has 8 aromatic rings. The highest BCUT2D eigenvalue weighted by Crippen LogP contribution is 2.44. The average Bonchev–Trinajstić information content (AvgIpc) is 3.50. The summed E-state index contributed by atoms with van der Waals surface area (Å²) in [5.41, 5.74) is 6.60. The van der Waals surface area contributed by atoms with Crippen molar-refractivity contribution in [2.75, 3.05) is 0 Å². The molecule has 0 aliphatic rings. The van der Waals surface area contributed by atoms with Crippen molar-refractivity contribution in [1.82, 2.24) is 19.5 Å². The average molecular weight is 731 g/mol. The molecule has 55 heavy (non-hydrogen) atoms. The summed E-state index contributed by atoms with van der Waals surface area (Å²) in [5.74, 6) is 1.41. The van der Waals surface area contributed by atoms with Gasteiger partial charge in [-0.3, -0.25) is 0 Å². The van der Waals surface area contributed by atoms with Gasteiger partial charge in [0.2, 0.25) is 0 Å². The van der Waals surface area contributed by atoms with Gasteiger partial charge >= 0.3 is 6.18 Å². The van der Waals surface area contributed by atoms with Gasteiger partial charge in [-0.1, -0.05) is 145 Å². The predicted molar refractivity (Wildman–Crippen MR) is 218 cm³/mol. The Balaban J connectivity index is 1.47. The monoisotopic (exact) mass is 730 g/mol. The standard InChI is InChI=1S/C48H41F3N4/c1-46(2,3)33-22-25-40-37(28-33)38-29-34(47(4,5)6)23-26-41(38)55(40)42-27-32(21-24-36(42)35-19-13-14-20-39(35)48(49,50)51)45-53-43(30-15-9-7-10-16-30)52-44(54-45)31-17-11-8-12-18-31/h7-29H,1-6H3. The van der Waals surface area contributed by atoms with Crippen LogP contribution in [0.15, 0.2) is 140 Å². The van der Waals surface area contributed by atoms with Crippen molar-refractivity contribution in [2.45, 2.75) is 58.5 Å². The number of benzene rings is 6. The second-order valence-corrected chi connectivity index (χ2v) is 16.1. The highest BCUT2D eigenvalue weighted by atomic mass is 19.4. The van der Waals surface area contributed by atoms with Crippen molar-refractivity contribution in [3.05, 3.63) is 156 Å². The van der Waals surface area contributed by atoms with E-state index in [2.05, 4.69) is 82.5 Å². The fourth-order valence-electron chi connectivity index (χ4n) is 7.20. The zero-order valence-electron chi connectivity index (χ0n) is 31.7. The lowest BCUT2D eigenvalue weighted by Crippen LogP contribution is -2.10. The van der Waals surface area contributed by atoms with E-state index in [1.807, 2.05) is 72.8 Å². The van der Waals surface area contributed by atoms with Gasteiger partial charge in [0.1, 0.15) is 0 Å². The third-order valence-electron chi connectivity index (χ3n) is 10.2. The number of rotatable bonds is 5. The summed E-state index contributed by atoms with van der Waals surface area (Å²) in [6.07, 6.45) is -4.57. The maximum absolute atomic E-state index is 14.7. The molecule has 0 amide bonds. The second kappa shape index (κ2) is 13.3. The minimum atomic E-state index is -4.57. The molecule has 0 bridgehead atoms. The Labute approximate surface area is 319 Å². The molecule has 0 fully saturated rings. The summed E-state index contributed by atoms with van der Waals surface area (Å²) >= 11 is 0. The van der Waals surface area contributed by atoms with E-state index in [0.717, 1.165) is 39.0 Å². The molecule has 2 aromatic heterocycles. The summed E-state index contributed by atoms with van der Waals surface area (Å²) < 4.78 is 46.3. The molecule has 0 saturated carbocycles. The van der Waals surface area contributed by atoms with Crippen molar-refractivity contribution in [3.8, 4) is 51.0 Å². The van der Waals surface area contributed by atoms with Gasteiger partial charge in [0.15, 0.2) is 17.5 Å². The number of hydrogen-bond acceptors (Lipinski definition) is 3. The molecular formula is C48H41F3N4. The molecular weight excluding hydrogens is 690 g/mol. The summed E-state index contributed by atoms with van der Waals surface area (Å²) in [7, 11) is 0. The Morgan fingerprint density at radius 1 is 0.436 bits per heavy atom. The molecule has 0 aliphatic heterocycles. The van der Waals surface area contributed by atoms with Gasteiger partial charge in [-0.2, -0.15) is 13.2 Å². The highest BCUT2D eigenvalue weighted by molar-refractivity contribution is 6.10. The number of alkyl halides is 3. The Morgan fingerprint density at radius 2 is 0.891 bits per heavy atom. The Morgan fingerprint density at radius 3 is 1.36 bits per heavy atom. The first-order valence-electron chi connectivity index (χ1n) is 18.4. The minimum absolute atomic E-state index is 0.0924. The SMILES string of the molecule is CC(C)(C)c1ccc2c(c1)c1cc(C(C)(C)C)ccc1n2-c1cc(-c2nc(-c3ccccc3)nc(-c3ccccc3)n2)ccc1-c1ccccc1C(F)(F)F. The van der Waals surface area contributed by atoms with Crippen LogP contribution in [0, 0.1) is 0 Å². The maximum atomic E-state index is 14.7. The highest BCUT2D eigenvalue weighted by Gasteiger charge is 2.34. The molecule has 2 heterocycles. The topological polar surface area (TPSA) is 43.6 Å². The number of nitrogens with zero attached hydrogens (tertiary/aromatic N) is 4. The van der Waals surface area contributed by atoms with Crippen LogP contribution in [0.2, 0.25) is 0 Å². The van der Waals surface area contributed by atoms with Gasteiger partial charge in [-0.25, -0.2) is 15.0 Å². The second-order valence-electron chi connectivity index (χ2n) is 16.1. The van der Waals surface area contributed by atoms with Crippen LogP contribution in [0.25, 0.3) is 72.8 Å². The number of halogens is 3. The molecule has 0 radical (unpaired) electrons. The van der Waals surface area contributed by atoms with Crippen LogP contribution in [0.3, 0.4) is 0 Å². The molecule has 7 heteroatoms. The van der Waals surface area contributed by atoms with E-state index >= 15 is 0 Å². The summed E-state index contributed by atoms with van der Waals surface area (Å²) in [5, 5.41) is 2.07. The van der Waals surface area contributed by atoms with Gasteiger partial charge in [0.05, 0.1) is 22.3 Å². The first-order chi connectivity index (χ1) is 26.2. The molecule has 0 unspecified atom stereocenters. The molecule has 0 saturated heterocycles. The first-order valence-corrected chi connectivity index (χ1v) is 18.4. The molecule has 8 rings (SSSR count). The smallest absolute Gasteiger partial charge is 0.309 e. The quantitative estimate of drug-likeness (QED) is 0.177. The van der Waals surface area contributed by atoms with Crippen molar-refractivity contribution in [3.63, 3.8) is 0 Å². The van der Waals surface area contributed by atoms with Gasteiger partial charge in [-0.05, 0) is 63.9 Å². The summed E-state index contributed by atoms with van der Waals surface area (Å²) in [6.45, 7) is 13.1. The number of hydrogen-bond donors (Lipinski definition) is 0. The van der Waals surface area contributed by atoms with Crippen LogP contribution in [0.1, 0.15) is 58.2 Å². The normalized spacial score (nSPS) is 12.5. The molecule has 0 spiro atoms. The van der Waals surface area contributed by atoms with Gasteiger partial charge in [-0.15, -0.1) is 0 Å². The van der Waals surface area contributed by atoms with Gasteiger partial charge in [0, 0.05) is 33.0 Å². The molecule has 274 valence electrons. The van der Waals surface area contributed by atoms with E-state index in [0.29, 0.717) is 34.3 Å². The molecule has 6 aromatic carbocycles. The number of fused-ring (bicyclic) bond motifs is 3. The summed E-state index contributed by atoms with van der Waals surface area (Å²) in [6, 6.07) is 43.6. The lowest BCUT2D eigenvalue weighted by atomic mass is 9.85. The van der Waals surface area contributed by atoms with Crippen molar-refractivity contribution >= 4 is 21.8 Å². The summed E-state index contributed by atoms with van der Waals surface area (Å²) in [4.78, 5) is 14.8. The zero-order chi connectivity index (χ0) is 38.7. The number of aromatic nitrogens is 4. The van der Waals surface area contributed by atoms with E-state index in [9.17, 15) is 13.2 Å². The molecule has 0 N–H and O–H groups in total. The van der Waals surface area contributed by atoms with Crippen molar-refractivity contribution in [2.24, 2.45) is 0 Å². The predicted octanol–water partition coefficient (Wildman–Crippen LogP) is 13.3. The Kier molecular flexibility index (Phi) is 8.71. The maximum Gasteiger partial charge on any atom is 0.417 e. The largest absolute Gasteiger partial charge is 0.417 e. The molecule has 4 nitrogen and oxygen atoms in total. The van der Waals surface area contributed by atoms with E-state index < -0.39 is 11.7 Å². The van der Waals surface area contributed by atoms with E-state index in [1.165, 1.54) is 17.2 Å². The third-order valence-corrected chi connectivity index (χ3v) is 10.2. The van der Waals surface area contributed by atoms with E-state index in [1.54, 1.807) is 18.2 Å². The van der Waals surface area contributed by atoms with Crippen LogP contribution in [-0.4, -0.2) is 19.5 Å². The van der Waals surface area contributed by atoms with Crippen LogP contribution in [0.4, 0.5) is 13.2 Å². The fourth-order valence-corrected chi connectivity index (χ4v) is 7.20. The lowest BCUT2D eigenvalue weighted by Gasteiger charge is -2.21. The Hall–Kier alpha value is -6.08. The fraction of sp³-hybridized carbons (Fsp3) is 0.188. The van der Waals surface area contributed by atoms with Gasteiger partial charge < -0.3 is 4.57 Å². The van der Waals surface area contributed by atoms with Crippen molar-refractivity contribution in [1.29, 1.82) is 0 Å².